The SMILES string of the molecule is O=C1NC2(C=NCc3ccc(F)cc32)n2c1c(Cl)cc(Nc1ccncn1)c2=O. The van der Waals surface area contributed by atoms with Crippen molar-refractivity contribution in [2.45, 2.75) is 12.2 Å². The van der Waals surface area contributed by atoms with Crippen LogP contribution in [0.2, 0.25) is 5.02 Å². The van der Waals surface area contributed by atoms with Gasteiger partial charge in [0.2, 0.25) is 0 Å². The van der Waals surface area contributed by atoms with Crippen LogP contribution < -0.4 is 16.2 Å². The van der Waals surface area contributed by atoms with E-state index in [9.17, 15) is 14.0 Å². The summed E-state index contributed by atoms with van der Waals surface area (Å²) in [5.74, 6) is -0.663. The second-order valence-corrected chi connectivity index (χ2v) is 7.01. The van der Waals surface area contributed by atoms with Crippen LogP contribution in [0.15, 0.2) is 52.6 Å². The first kappa shape index (κ1) is 17.5. The lowest BCUT2D eigenvalue weighted by Crippen LogP contribution is -2.51. The average Bonchev–Trinajstić information content (AvgIpc) is 3.01. The molecule has 1 spiro atoms. The van der Waals surface area contributed by atoms with Crippen molar-refractivity contribution in [1.82, 2.24) is 19.9 Å². The molecule has 4 heterocycles. The monoisotopic (exact) mass is 410 g/mol. The Hall–Kier alpha value is -3.59. The third-order valence-electron chi connectivity index (χ3n) is 4.89. The number of carbonyl (C=O) groups is 1. The summed E-state index contributed by atoms with van der Waals surface area (Å²) in [6.45, 7) is 0.309. The molecule has 1 aromatic carbocycles. The van der Waals surface area contributed by atoms with Gasteiger partial charge in [-0.2, -0.15) is 0 Å². The Morgan fingerprint density at radius 2 is 2.10 bits per heavy atom. The molecule has 0 aliphatic carbocycles. The minimum absolute atomic E-state index is 0.0199. The first-order valence-electron chi connectivity index (χ1n) is 8.61. The summed E-state index contributed by atoms with van der Waals surface area (Å²) < 4.78 is 15.3. The highest BCUT2D eigenvalue weighted by atomic mass is 35.5. The van der Waals surface area contributed by atoms with E-state index in [0.29, 0.717) is 23.5 Å². The highest BCUT2D eigenvalue weighted by Crippen LogP contribution is 2.36. The zero-order valence-electron chi connectivity index (χ0n) is 14.7. The molecule has 29 heavy (non-hydrogen) atoms. The Kier molecular flexibility index (Phi) is 3.75. The van der Waals surface area contributed by atoms with Crippen molar-refractivity contribution in [2.24, 2.45) is 4.99 Å². The molecule has 5 rings (SSSR count). The van der Waals surface area contributed by atoms with Gasteiger partial charge in [-0.1, -0.05) is 17.7 Å². The maximum atomic E-state index is 14.1. The molecule has 2 aliphatic heterocycles. The Morgan fingerprint density at radius 3 is 2.90 bits per heavy atom. The number of nitrogens with zero attached hydrogens (tertiary/aromatic N) is 4. The van der Waals surface area contributed by atoms with Gasteiger partial charge in [-0.25, -0.2) is 14.4 Å². The van der Waals surface area contributed by atoms with Gasteiger partial charge in [0.25, 0.3) is 11.5 Å². The fourth-order valence-electron chi connectivity index (χ4n) is 3.68. The minimum Gasteiger partial charge on any atom is -0.336 e. The molecule has 3 aromatic rings. The molecular weight excluding hydrogens is 399 g/mol. The lowest BCUT2D eigenvalue weighted by atomic mass is 9.92. The van der Waals surface area contributed by atoms with Crippen LogP contribution in [0.4, 0.5) is 15.9 Å². The summed E-state index contributed by atoms with van der Waals surface area (Å²) in [6.07, 6.45) is 4.28. The summed E-state index contributed by atoms with van der Waals surface area (Å²) in [6, 6.07) is 7.14. The van der Waals surface area contributed by atoms with Crippen LogP contribution in [0, 0.1) is 5.82 Å². The molecular formula is C19H12ClFN6O2. The van der Waals surface area contributed by atoms with Gasteiger partial charge in [0, 0.05) is 11.8 Å². The van der Waals surface area contributed by atoms with Crippen molar-refractivity contribution in [2.75, 3.05) is 5.32 Å². The second-order valence-electron chi connectivity index (χ2n) is 6.61. The predicted octanol–water partition coefficient (Wildman–Crippen LogP) is 2.20. The van der Waals surface area contributed by atoms with Gasteiger partial charge < -0.3 is 10.6 Å². The fourth-order valence-corrected chi connectivity index (χ4v) is 3.96. The van der Waals surface area contributed by atoms with E-state index in [4.69, 9.17) is 11.6 Å². The highest BCUT2D eigenvalue weighted by Gasteiger charge is 2.48. The molecule has 2 aliphatic rings. The summed E-state index contributed by atoms with van der Waals surface area (Å²) in [7, 11) is 0. The number of nitrogens with one attached hydrogen (secondary N) is 2. The molecule has 0 bridgehead atoms. The molecule has 2 aromatic heterocycles. The average molecular weight is 411 g/mol. The Balaban J connectivity index is 1.77. The molecule has 1 atom stereocenters. The minimum atomic E-state index is -1.47. The molecule has 10 heteroatoms. The fraction of sp³-hybridized carbons (Fsp3) is 0.105. The van der Waals surface area contributed by atoms with Crippen LogP contribution in [0.1, 0.15) is 21.6 Å². The number of anilines is 2. The maximum absolute atomic E-state index is 14.1. The summed E-state index contributed by atoms with van der Waals surface area (Å²) >= 11 is 6.36. The van der Waals surface area contributed by atoms with E-state index in [1.165, 1.54) is 41.5 Å². The lowest BCUT2D eigenvalue weighted by Gasteiger charge is -2.32. The van der Waals surface area contributed by atoms with Crippen molar-refractivity contribution in [3.63, 3.8) is 0 Å². The standard InChI is InChI=1S/C19H12ClFN6O2/c20-13-6-14(25-15-3-4-22-9-24-15)18(29)27-16(13)17(28)26-19(27)8-23-7-10-1-2-11(21)5-12(10)19/h1-6,8-9H,7H2,(H,26,28)(H,22,24,25). The Bertz CT molecular complexity index is 1260. The Labute approximate surface area is 168 Å². The highest BCUT2D eigenvalue weighted by molar-refractivity contribution is 6.34. The van der Waals surface area contributed by atoms with Gasteiger partial charge in [-0.05, 0) is 29.8 Å². The third-order valence-corrected chi connectivity index (χ3v) is 5.18. The zero-order valence-corrected chi connectivity index (χ0v) is 15.4. The van der Waals surface area contributed by atoms with E-state index in [1.807, 2.05) is 0 Å². The first-order chi connectivity index (χ1) is 14.0. The molecule has 1 amide bonds. The van der Waals surface area contributed by atoms with Gasteiger partial charge in [0.05, 0.1) is 17.8 Å². The number of rotatable bonds is 2. The zero-order chi connectivity index (χ0) is 20.2. The molecule has 0 saturated heterocycles. The van der Waals surface area contributed by atoms with E-state index in [1.54, 1.807) is 12.1 Å². The number of carbonyl (C=O) groups excluding carboxylic acids is 1. The van der Waals surface area contributed by atoms with Crippen LogP contribution in [0.5, 0.6) is 0 Å². The molecule has 8 nitrogen and oxygen atoms in total. The number of aromatic nitrogens is 3. The summed E-state index contributed by atoms with van der Waals surface area (Å²) in [5.41, 5.74) is -0.800. The smallest absolute Gasteiger partial charge is 0.277 e. The predicted molar refractivity (Wildman–Crippen MR) is 104 cm³/mol. The normalized spacial score (nSPS) is 19.0. The van der Waals surface area contributed by atoms with Crippen molar-refractivity contribution >= 4 is 35.2 Å². The molecule has 2 N–H and O–H groups in total. The molecule has 0 fully saturated rings. The van der Waals surface area contributed by atoms with Gasteiger partial charge in [0.15, 0.2) is 5.66 Å². The number of amides is 1. The maximum Gasteiger partial charge on any atom is 0.277 e. The van der Waals surface area contributed by atoms with Crippen LogP contribution in [-0.4, -0.2) is 26.7 Å². The van der Waals surface area contributed by atoms with Gasteiger partial charge in [0.1, 0.15) is 29.3 Å². The topological polar surface area (TPSA) is 101 Å². The largest absolute Gasteiger partial charge is 0.336 e. The summed E-state index contributed by atoms with van der Waals surface area (Å²) in [4.78, 5) is 38.3. The molecule has 144 valence electrons. The van der Waals surface area contributed by atoms with E-state index >= 15 is 0 Å². The molecule has 0 saturated carbocycles. The lowest BCUT2D eigenvalue weighted by molar-refractivity contribution is 0.0952. The third kappa shape index (κ3) is 2.54. The second kappa shape index (κ2) is 6.21. The number of halogens is 2. The van der Waals surface area contributed by atoms with Gasteiger partial charge in [-0.15, -0.1) is 0 Å². The number of hydrogen-bond acceptors (Lipinski definition) is 6. The van der Waals surface area contributed by atoms with Crippen molar-refractivity contribution < 1.29 is 9.18 Å². The first-order valence-corrected chi connectivity index (χ1v) is 8.99. The molecule has 1 unspecified atom stereocenters. The van der Waals surface area contributed by atoms with Crippen molar-refractivity contribution in [3.05, 3.63) is 80.9 Å². The number of fused-ring (bicyclic) bond motifs is 4. The number of pyridine rings is 1. The molecule has 0 radical (unpaired) electrons. The quantitative estimate of drug-likeness (QED) is 0.674. The van der Waals surface area contributed by atoms with E-state index < -0.39 is 22.9 Å². The van der Waals surface area contributed by atoms with Crippen LogP contribution in [0.3, 0.4) is 0 Å². The van der Waals surface area contributed by atoms with Crippen LogP contribution in [0.25, 0.3) is 0 Å². The number of aliphatic imine (C=N–C) groups is 1. The van der Waals surface area contributed by atoms with Crippen molar-refractivity contribution in [3.8, 4) is 0 Å². The van der Waals surface area contributed by atoms with Crippen LogP contribution >= 0.6 is 11.6 Å². The Morgan fingerprint density at radius 1 is 1.24 bits per heavy atom. The van der Waals surface area contributed by atoms with Crippen molar-refractivity contribution in [1.29, 1.82) is 0 Å². The van der Waals surface area contributed by atoms with Crippen LogP contribution in [-0.2, 0) is 12.2 Å². The van der Waals surface area contributed by atoms with E-state index in [-0.39, 0.29) is 16.4 Å². The number of benzene rings is 1. The van der Waals surface area contributed by atoms with E-state index in [2.05, 4.69) is 25.6 Å². The van der Waals surface area contributed by atoms with E-state index in [0.717, 1.165) is 0 Å². The van der Waals surface area contributed by atoms with Gasteiger partial charge >= 0.3 is 0 Å². The van der Waals surface area contributed by atoms with Gasteiger partial charge in [-0.3, -0.25) is 19.1 Å². The number of hydrogen-bond donors (Lipinski definition) is 2. The summed E-state index contributed by atoms with van der Waals surface area (Å²) in [5, 5.41) is 5.71.